The number of allylic oxidation sites excluding steroid dienone is 4. The van der Waals surface area contributed by atoms with Crippen LogP contribution in [0.3, 0.4) is 0 Å². The summed E-state index contributed by atoms with van der Waals surface area (Å²) in [4.78, 5) is 24.5. The quantitative estimate of drug-likeness (QED) is 0.0320. The number of ether oxygens (including phenoxy) is 1. The number of rotatable bonds is 60. The topological polar surface area (TPSA) is 95.9 Å². The monoisotopic (exact) mass is 1000 g/mol. The minimum atomic E-state index is -0.661. The molecule has 6 heteroatoms. The van der Waals surface area contributed by atoms with Crippen molar-refractivity contribution in [1.29, 1.82) is 0 Å². The van der Waals surface area contributed by atoms with E-state index in [0.29, 0.717) is 25.9 Å². The maximum atomic E-state index is 12.5. The van der Waals surface area contributed by atoms with Gasteiger partial charge in [0.1, 0.15) is 0 Å². The number of unbranched alkanes of at least 4 members (excludes halogenated alkanes) is 45. The smallest absolute Gasteiger partial charge is 0.305 e. The van der Waals surface area contributed by atoms with Crippen molar-refractivity contribution in [3.05, 3.63) is 24.3 Å². The van der Waals surface area contributed by atoms with Crippen molar-refractivity contribution < 1.29 is 24.5 Å². The fourth-order valence-electron chi connectivity index (χ4n) is 10.1. The molecule has 0 saturated heterocycles. The second-order valence-electron chi connectivity index (χ2n) is 22.1. The highest BCUT2D eigenvalue weighted by atomic mass is 16.5. The number of hydrogen-bond donors (Lipinski definition) is 3. The maximum absolute atomic E-state index is 12.5. The van der Waals surface area contributed by atoms with Crippen molar-refractivity contribution in [3.63, 3.8) is 0 Å². The molecule has 6 nitrogen and oxygen atoms in total. The van der Waals surface area contributed by atoms with Crippen molar-refractivity contribution >= 4 is 11.9 Å². The Kier molecular flexibility index (Phi) is 59.5. The summed E-state index contributed by atoms with van der Waals surface area (Å²) in [5.74, 6) is -0.0226. The molecule has 0 rings (SSSR count). The Labute approximate surface area is 443 Å². The van der Waals surface area contributed by atoms with Gasteiger partial charge in [0.05, 0.1) is 25.4 Å². The molecule has 0 spiro atoms. The van der Waals surface area contributed by atoms with E-state index in [-0.39, 0.29) is 18.5 Å². The van der Waals surface area contributed by atoms with Gasteiger partial charge in [0, 0.05) is 12.8 Å². The summed E-state index contributed by atoms with van der Waals surface area (Å²) in [7, 11) is 0. The Hall–Kier alpha value is -1.66. The molecule has 0 fully saturated rings. The van der Waals surface area contributed by atoms with Gasteiger partial charge in [0.25, 0.3) is 0 Å². The van der Waals surface area contributed by atoms with Crippen molar-refractivity contribution in [2.45, 2.75) is 366 Å². The van der Waals surface area contributed by atoms with Crippen LogP contribution >= 0.6 is 0 Å². The third-order valence-electron chi connectivity index (χ3n) is 15.0. The fraction of sp³-hybridized carbons (Fsp3) is 0.908. The molecule has 0 heterocycles. The number of nitrogens with one attached hydrogen (secondary N) is 1. The number of aliphatic hydroxyl groups is 2. The van der Waals surface area contributed by atoms with E-state index in [2.05, 4.69) is 43.5 Å². The molecule has 71 heavy (non-hydrogen) atoms. The molecule has 2 atom stereocenters. The zero-order chi connectivity index (χ0) is 51.4. The first-order chi connectivity index (χ1) is 35.0. The minimum absolute atomic E-state index is 0.00983. The lowest BCUT2D eigenvalue weighted by Gasteiger charge is -2.22. The van der Waals surface area contributed by atoms with Crippen molar-refractivity contribution in [1.82, 2.24) is 5.32 Å². The Morgan fingerprint density at radius 2 is 0.704 bits per heavy atom. The van der Waals surface area contributed by atoms with Gasteiger partial charge in [-0.05, 0) is 57.8 Å². The summed E-state index contributed by atoms with van der Waals surface area (Å²) in [5.41, 5.74) is 0. The van der Waals surface area contributed by atoms with Crippen LogP contribution in [-0.2, 0) is 14.3 Å². The van der Waals surface area contributed by atoms with Gasteiger partial charge in [0.2, 0.25) is 5.91 Å². The van der Waals surface area contributed by atoms with Gasteiger partial charge in [-0.1, -0.05) is 308 Å². The van der Waals surface area contributed by atoms with Crippen LogP contribution < -0.4 is 5.32 Å². The van der Waals surface area contributed by atoms with E-state index in [0.717, 1.165) is 51.4 Å². The summed E-state index contributed by atoms with van der Waals surface area (Å²) in [5, 5.41) is 23.2. The average Bonchev–Trinajstić information content (AvgIpc) is 3.37. The molecular weight excluding hydrogens is 875 g/mol. The molecule has 0 aromatic carbocycles. The SMILES string of the molecule is CCCCC/C=C\C/C=C\CCCCCCCCCC(=O)OCCCCCCCCCCCCCCCCCCCCCCCCCCCCC(=O)NC(CO)C(O)CCCCCCCCCCCCC. The van der Waals surface area contributed by atoms with Crippen molar-refractivity contribution in [2.75, 3.05) is 13.2 Å². The Balaban J connectivity index is 3.33. The molecule has 0 bridgehead atoms. The standard InChI is InChI=1S/C65H125NO5/c1-3-5-7-9-11-13-15-16-17-28-32-35-39-43-47-51-55-59-65(70)71-60-56-52-48-44-40-36-33-30-27-25-23-21-19-18-20-22-24-26-29-31-34-38-42-46-50-54-58-64(69)66-62(61-67)63(68)57-53-49-45-41-37-14-12-10-8-6-4-2/h11,13,16-17,62-63,67-68H,3-10,12,14-15,18-61H2,1-2H3,(H,66,69)/b13-11-,17-16-. The van der Waals surface area contributed by atoms with Crippen molar-refractivity contribution in [3.8, 4) is 0 Å². The first-order valence-electron chi connectivity index (χ1n) is 32.1. The molecule has 3 N–H and O–H groups in total. The Morgan fingerprint density at radius 1 is 0.394 bits per heavy atom. The first-order valence-corrected chi connectivity index (χ1v) is 32.1. The number of carbonyl (C=O) groups excluding carboxylic acids is 2. The minimum Gasteiger partial charge on any atom is -0.466 e. The van der Waals surface area contributed by atoms with Gasteiger partial charge >= 0.3 is 5.97 Å². The van der Waals surface area contributed by atoms with Crippen molar-refractivity contribution in [2.24, 2.45) is 0 Å². The highest BCUT2D eigenvalue weighted by Crippen LogP contribution is 2.18. The van der Waals surface area contributed by atoms with E-state index >= 15 is 0 Å². The van der Waals surface area contributed by atoms with Gasteiger partial charge in [-0.2, -0.15) is 0 Å². The van der Waals surface area contributed by atoms with E-state index < -0.39 is 12.1 Å². The van der Waals surface area contributed by atoms with E-state index in [1.54, 1.807) is 0 Å². The second kappa shape index (κ2) is 60.9. The first kappa shape index (κ1) is 69.3. The molecule has 2 unspecified atom stereocenters. The molecule has 420 valence electrons. The van der Waals surface area contributed by atoms with Gasteiger partial charge in [-0.3, -0.25) is 9.59 Å². The number of carbonyl (C=O) groups is 2. The third kappa shape index (κ3) is 57.5. The highest BCUT2D eigenvalue weighted by Gasteiger charge is 2.20. The van der Waals surface area contributed by atoms with E-state index in [4.69, 9.17) is 4.74 Å². The molecule has 0 aromatic heterocycles. The van der Waals surface area contributed by atoms with Gasteiger partial charge < -0.3 is 20.3 Å². The largest absolute Gasteiger partial charge is 0.466 e. The molecule has 0 aliphatic carbocycles. The number of esters is 1. The fourth-order valence-corrected chi connectivity index (χ4v) is 10.1. The van der Waals surface area contributed by atoms with Crippen LogP contribution in [0.2, 0.25) is 0 Å². The summed E-state index contributed by atoms with van der Waals surface area (Å²) < 4.78 is 5.49. The molecule has 0 aliphatic rings. The van der Waals surface area contributed by atoms with Gasteiger partial charge in [-0.25, -0.2) is 0 Å². The molecule has 0 saturated carbocycles. The number of hydrogen-bond acceptors (Lipinski definition) is 5. The van der Waals surface area contributed by atoms with Crippen LogP contribution in [0.15, 0.2) is 24.3 Å². The van der Waals surface area contributed by atoms with Gasteiger partial charge in [-0.15, -0.1) is 0 Å². The lowest BCUT2D eigenvalue weighted by Crippen LogP contribution is -2.45. The summed E-state index contributed by atoms with van der Waals surface area (Å²) in [6.45, 7) is 4.94. The normalized spacial score (nSPS) is 12.7. The highest BCUT2D eigenvalue weighted by molar-refractivity contribution is 5.76. The summed E-state index contributed by atoms with van der Waals surface area (Å²) in [6.07, 6.45) is 74.9. The predicted molar refractivity (Wildman–Crippen MR) is 310 cm³/mol. The lowest BCUT2D eigenvalue weighted by atomic mass is 10.0. The van der Waals surface area contributed by atoms with Crippen LogP contribution in [0, 0.1) is 0 Å². The van der Waals surface area contributed by atoms with Gasteiger partial charge in [0.15, 0.2) is 0 Å². The lowest BCUT2D eigenvalue weighted by molar-refractivity contribution is -0.143. The Morgan fingerprint density at radius 3 is 1.10 bits per heavy atom. The zero-order valence-electron chi connectivity index (χ0n) is 48.0. The summed E-state index contributed by atoms with van der Waals surface area (Å²) in [6, 6.07) is -0.538. The van der Waals surface area contributed by atoms with Crippen LogP contribution in [0.5, 0.6) is 0 Å². The van der Waals surface area contributed by atoms with Crippen LogP contribution in [-0.4, -0.2) is 47.4 Å². The average molecular weight is 1000 g/mol. The molecule has 0 radical (unpaired) electrons. The van der Waals surface area contributed by atoms with E-state index in [9.17, 15) is 19.8 Å². The van der Waals surface area contributed by atoms with E-state index in [1.807, 2.05) is 0 Å². The maximum Gasteiger partial charge on any atom is 0.305 e. The zero-order valence-corrected chi connectivity index (χ0v) is 48.0. The van der Waals surface area contributed by atoms with Crippen LogP contribution in [0.4, 0.5) is 0 Å². The second-order valence-corrected chi connectivity index (χ2v) is 22.1. The molecule has 1 amide bonds. The molecule has 0 aliphatic heterocycles. The molecule has 0 aromatic rings. The third-order valence-corrected chi connectivity index (χ3v) is 15.0. The number of aliphatic hydroxyl groups excluding tert-OH is 2. The van der Waals surface area contributed by atoms with E-state index in [1.165, 1.54) is 270 Å². The predicted octanol–water partition coefficient (Wildman–Crippen LogP) is 20.2. The Bertz CT molecular complexity index is 1110. The molecular formula is C65H125NO5. The number of amides is 1. The van der Waals surface area contributed by atoms with Crippen LogP contribution in [0.25, 0.3) is 0 Å². The summed E-state index contributed by atoms with van der Waals surface area (Å²) >= 11 is 0. The van der Waals surface area contributed by atoms with Crippen LogP contribution in [0.1, 0.15) is 354 Å².